The number of fused-ring (bicyclic) bond motifs is 1. The maximum absolute atomic E-state index is 13.3. The third kappa shape index (κ3) is 5.25. The lowest BCUT2D eigenvalue weighted by molar-refractivity contribution is -0.948. The third-order valence-electron chi connectivity index (χ3n) is 4.26. The summed E-state index contributed by atoms with van der Waals surface area (Å²) < 4.78 is 114. The highest BCUT2D eigenvalue weighted by atomic mass is 32.5. The van der Waals surface area contributed by atoms with Crippen LogP contribution in [0.5, 0.6) is 5.75 Å². The Bertz CT molecular complexity index is 992. The fraction of sp³-hybridized carbons (Fsp3) is 0.400. The van der Waals surface area contributed by atoms with E-state index in [0.717, 1.165) is 6.42 Å². The van der Waals surface area contributed by atoms with Crippen LogP contribution in [0.3, 0.4) is 0 Å². The van der Waals surface area contributed by atoms with Crippen molar-refractivity contribution in [2.75, 3.05) is 19.9 Å². The first kappa shape index (κ1) is 23.7. The molecule has 0 radical (unpaired) electrons. The van der Waals surface area contributed by atoms with Gasteiger partial charge in [-0.2, -0.15) is 13.2 Å². The van der Waals surface area contributed by atoms with Gasteiger partial charge in [-0.25, -0.2) is 10.0 Å². The van der Waals surface area contributed by atoms with Gasteiger partial charge in [0.2, 0.25) is 6.10 Å². The van der Waals surface area contributed by atoms with Crippen LogP contribution in [0.25, 0.3) is 6.08 Å². The fourth-order valence-corrected chi connectivity index (χ4v) is 3.27. The molecule has 1 fully saturated rings. The highest BCUT2D eigenvalue weighted by Crippen LogP contribution is 3.02. The molecule has 1 N–H and O–H groups in total. The maximum Gasteiger partial charge on any atom is 0.430 e. The number of benzene rings is 1. The molecular weight excluding hydrogens is 486 g/mol. The predicted molar refractivity (Wildman–Crippen MR) is 89.0 cm³/mol. The SMILES string of the molecule is O=C(OCO/N=[N+](\O)N1CCC1)C1=Cc2cc(S(F)(F)(F)(F)F)ccc2O[C@@H]1C(F)(F)F. The normalized spacial score (nSPS) is 21.2. The van der Waals surface area contributed by atoms with Gasteiger partial charge in [-0.3, -0.25) is 4.84 Å². The molecule has 0 amide bonds. The molecule has 0 unspecified atom stereocenters. The van der Waals surface area contributed by atoms with Gasteiger partial charge in [0, 0.05) is 5.56 Å². The minimum absolute atomic E-state index is 0.112. The smallest absolute Gasteiger partial charge is 0.430 e. The van der Waals surface area contributed by atoms with Crippen molar-refractivity contribution in [3.8, 4) is 5.75 Å². The van der Waals surface area contributed by atoms with Crippen LogP contribution in [0.4, 0.5) is 32.6 Å². The zero-order chi connectivity index (χ0) is 24.0. The second kappa shape index (κ2) is 7.01. The van der Waals surface area contributed by atoms with Gasteiger partial charge < -0.3 is 9.47 Å². The number of halogens is 8. The molecule has 0 spiro atoms. The van der Waals surface area contributed by atoms with Crippen LogP contribution in [-0.2, 0) is 14.4 Å². The summed E-state index contributed by atoms with van der Waals surface area (Å²) >= 11 is 0. The van der Waals surface area contributed by atoms with E-state index in [1.807, 2.05) is 0 Å². The number of carbonyl (C=O) groups excluding carboxylic acids is 1. The van der Waals surface area contributed by atoms with Gasteiger partial charge in [-0.15, -0.1) is 5.01 Å². The molecule has 180 valence electrons. The summed E-state index contributed by atoms with van der Waals surface area (Å²) in [7, 11) is -10.1. The Morgan fingerprint density at radius 1 is 1.25 bits per heavy atom. The van der Waals surface area contributed by atoms with Crippen LogP contribution >= 0.6 is 10.2 Å². The van der Waals surface area contributed by atoms with Crippen LogP contribution in [0.15, 0.2) is 33.9 Å². The number of alkyl halides is 3. The molecular formula is C15H14F8N3O5S+. The van der Waals surface area contributed by atoms with Crippen molar-refractivity contribution in [2.45, 2.75) is 23.6 Å². The van der Waals surface area contributed by atoms with Gasteiger partial charge in [-0.1, -0.05) is 19.4 Å². The molecule has 2 aliphatic heterocycles. The summed E-state index contributed by atoms with van der Waals surface area (Å²) in [5.74, 6) is -2.52. The average Bonchev–Trinajstić information content (AvgIpc) is 2.59. The monoisotopic (exact) mass is 500 g/mol. The van der Waals surface area contributed by atoms with Crippen molar-refractivity contribution >= 4 is 22.3 Å². The second-order valence-electron chi connectivity index (χ2n) is 6.64. The number of nitrogens with zero attached hydrogens (tertiary/aromatic N) is 3. The largest absolute Gasteiger partial charge is 0.475 e. The van der Waals surface area contributed by atoms with Crippen molar-refractivity contribution in [3.63, 3.8) is 0 Å². The van der Waals surface area contributed by atoms with Crippen LogP contribution in [0.1, 0.15) is 12.0 Å². The molecule has 0 bridgehead atoms. The Morgan fingerprint density at radius 2 is 1.91 bits per heavy atom. The lowest BCUT2D eigenvalue weighted by Gasteiger charge is -2.41. The van der Waals surface area contributed by atoms with Gasteiger partial charge in [0.05, 0.1) is 18.7 Å². The molecule has 2 aliphatic rings. The molecule has 0 saturated carbocycles. The Morgan fingerprint density at radius 3 is 2.44 bits per heavy atom. The molecule has 8 nitrogen and oxygen atoms in total. The Kier molecular flexibility index (Phi) is 5.19. The highest BCUT2D eigenvalue weighted by molar-refractivity contribution is 8.45. The van der Waals surface area contributed by atoms with Gasteiger partial charge >= 0.3 is 22.4 Å². The minimum atomic E-state index is -10.1. The lowest BCUT2D eigenvalue weighted by Crippen LogP contribution is -2.43. The van der Waals surface area contributed by atoms with E-state index in [4.69, 9.17) is 0 Å². The van der Waals surface area contributed by atoms with Gasteiger partial charge in [-0.05, 0) is 30.7 Å². The van der Waals surface area contributed by atoms with E-state index in [-0.39, 0.29) is 17.1 Å². The van der Waals surface area contributed by atoms with Gasteiger partial charge in [0.1, 0.15) is 10.6 Å². The molecule has 0 aromatic heterocycles. The summed E-state index contributed by atoms with van der Waals surface area (Å²) in [6.07, 6.45) is -7.08. The van der Waals surface area contributed by atoms with Crippen molar-refractivity contribution in [1.29, 1.82) is 0 Å². The highest BCUT2D eigenvalue weighted by Gasteiger charge is 2.65. The summed E-state index contributed by atoms with van der Waals surface area (Å²) in [5, 5.41) is 13.7. The van der Waals surface area contributed by atoms with Crippen LogP contribution in [0, 0.1) is 0 Å². The van der Waals surface area contributed by atoms with E-state index in [2.05, 4.69) is 19.6 Å². The Balaban J connectivity index is 1.83. The number of hydrogen-bond acceptors (Lipinski definition) is 5. The van der Waals surface area contributed by atoms with Crippen molar-refractivity contribution in [3.05, 3.63) is 29.3 Å². The van der Waals surface area contributed by atoms with E-state index in [0.29, 0.717) is 25.2 Å². The molecule has 0 aliphatic carbocycles. The average molecular weight is 500 g/mol. The predicted octanol–water partition coefficient (Wildman–Crippen LogP) is 4.96. The Labute approximate surface area is 173 Å². The van der Waals surface area contributed by atoms with Crippen molar-refractivity contribution in [2.24, 2.45) is 5.28 Å². The van der Waals surface area contributed by atoms with E-state index in [1.54, 1.807) is 0 Å². The van der Waals surface area contributed by atoms with E-state index >= 15 is 0 Å². The van der Waals surface area contributed by atoms with Gasteiger partial charge in [0.25, 0.3) is 17.0 Å². The number of hydrogen-bond donors (Lipinski definition) is 1. The zero-order valence-electron chi connectivity index (χ0n) is 15.6. The first-order chi connectivity index (χ1) is 14.5. The third-order valence-corrected chi connectivity index (χ3v) is 5.40. The first-order valence-electron chi connectivity index (χ1n) is 8.53. The molecule has 1 saturated heterocycles. The first-order valence-corrected chi connectivity index (χ1v) is 10.5. The van der Waals surface area contributed by atoms with Crippen LogP contribution in [0.2, 0.25) is 0 Å². The minimum Gasteiger partial charge on any atom is -0.475 e. The van der Waals surface area contributed by atoms with E-state index < -0.39 is 57.0 Å². The van der Waals surface area contributed by atoms with Crippen molar-refractivity contribution < 1.29 is 61.9 Å². The molecule has 17 heteroatoms. The number of hydrazine groups is 1. The molecule has 1 atom stereocenters. The molecule has 32 heavy (non-hydrogen) atoms. The summed E-state index contributed by atoms with van der Waals surface area (Å²) in [4.78, 5) is 14.4. The quantitative estimate of drug-likeness (QED) is 0.113. The van der Waals surface area contributed by atoms with Crippen LogP contribution in [-0.4, -0.2) is 53.3 Å². The number of esters is 1. The second-order valence-corrected chi connectivity index (χ2v) is 9.05. The van der Waals surface area contributed by atoms with Crippen molar-refractivity contribution in [1.82, 2.24) is 5.01 Å². The fourth-order valence-electron chi connectivity index (χ4n) is 2.60. The van der Waals surface area contributed by atoms with E-state index in [9.17, 15) is 42.6 Å². The standard InChI is InChI=1S/C15H14F8N3O5S/c16-15(17,18)13-11(14(27)29-8-30-24-26(28)25-4-1-5-25)7-9-6-10(2-3-12(9)31-13)32(19,20,21,22)23/h2-3,6-7,13H,1,4-5,8H2,(H,24,28)/q+1/t13-/m0/s1. The number of ether oxygens (including phenoxy) is 2. The maximum atomic E-state index is 13.3. The molecule has 1 aromatic carbocycles. The number of carbonyl (C=O) groups is 1. The summed E-state index contributed by atoms with van der Waals surface area (Å²) in [6.45, 7) is -0.188. The topological polar surface area (TPSA) is 83.6 Å². The molecule has 1 aromatic rings. The van der Waals surface area contributed by atoms with Crippen LogP contribution < -0.4 is 4.74 Å². The summed E-state index contributed by atoms with van der Waals surface area (Å²) in [5.41, 5.74) is -2.15. The zero-order valence-corrected chi connectivity index (χ0v) is 16.4. The Hall–Kier alpha value is -2.98. The summed E-state index contributed by atoms with van der Waals surface area (Å²) in [6, 6.07) is 0.0614. The molecule has 3 rings (SSSR count). The van der Waals surface area contributed by atoms with E-state index in [1.165, 1.54) is 5.01 Å². The van der Waals surface area contributed by atoms with Gasteiger partial charge in [0.15, 0.2) is 0 Å². The molecule has 2 heterocycles. The number of rotatable bonds is 6. The lowest BCUT2D eigenvalue weighted by atomic mass is 10.0.